The van der Waals surface area contributed by atoms with Gasteiger partial charge in [-0.25, -0.2) is 4.98 Å². The van der Waals surface area contributed by atoms with Gasteiger partial charge >= 0.3 is 0 Å². The van der Waals surface area contributed by atoms with Crippen LogP contribution in [0, 0.1) is 0 Å². The highest BCUT2D eigenvalue weighted by Gasteiger charge is 2.22. The molecule has 4 rings (SSSR count). The molecule has 1 aromatic carbocycles. The summed E-state index contributed by atoms with van der Waals surface area (Å²) >= 11 is 1.27. The first kappa shape index (κ1) is 14.8. The molecule has 0 fully saturated rings. The molecule has 0 spiro atoms. The maximum absolute atomic E-state index is 12.4. The lowest BCUT2D eigenvalue weighted by molar-refractivity contribution is 0.0975. The van der Waals surface area contributed by atoms with Gasteiger partial charge in [-0.1, -0.05) is 11.3 Å². The number of thiazole rings is 1. The van der Waals surface area contributed by atoms with Crippen molar-refractivity contribution in [2.24, 2.45) is 0 Å². The Labute approximate surface area is 143 Å². The number of rotatable bonds is 3. The van der Waals surface area contributed by atoms with Crippen LogP contribution in [0.3, 0.4) is 0 Å². The third kappa shape index (κ3) is 2.76. The second-order valence-electron chi connectivity index (χ2n) is 5.66. The highest BCUT2D eigenvalue weighted by molar-refractivity contribution is 7.17. The number of ketones is 1. The van der Waals surface area contributed by atoms with Crippen LogP contribution in [-0.4, -0.2) is 21.2 Å². The van der Waals surface area contributed by atoms with Crippen molar-refractivity contribution in [3.63, 3.8) is 0 Å². The van der Waals surface area contributed by atoms with Crippen molar-refractivity contribution in [3.8, 4) is 5.69 Å². The van der Waals surface area contributed by atoms with Gasteiger partial charge in [0.25, 0.3) is 5.91 Å². The molecule has 0 bridgehead atoms. The summed E-state index contributed by atoms with van der Waals surface area (Å²) in [6, 6.07) is 11.3. The summed E-state index contributed by atoms with van der Waals surface area (Å²) < 4.78 is 1.97. The molecule has 0 unspecified atom stereocenters. The number of hydrogen-bond acceptors (Lipinski definition) is 4. The molecule has 6 heteroatoms. The molecule has 0 aliphatic heterocycles. The highest BCUT2D eigenvalue weighted by atomic mass is 32.1. The number of aryl methyl sites for hydroxylation is 1. The smallest absolute Gasteiger partial charge is 0.257 e. The van der Waals surface area contributed by atoms with Gasteiger partial charge in [-0.3, -0.25) is 14.9 Å². The number of Topliss-reactive ketones (excluding diaryl/α,β-unsaturated/α-hetero) is 1. The van der Waals surface area contributed by atoms with Crippen LogP contribution in [0.1, 0.15) is 38.6 Å². The zero-order chi connectivity index (χ0) is 16.5. The lowest BCUT2D eigenvalue weighted by Crippen LogP contribution is -2.11. The molecule has 1 aliphatic rings. The van der Waals surface area contributed by atoms with Gasteiger partial charge in [0.05, 0.1) is 10.6 Å². The number of anilines is 1. The van der Waals surface area contributed by atoms with E-state index in [1.807, 2.05) is 41.2 Å². The summed E-state index contributed by atoms with van der Waals surface area (Å²) in [5.74, 6) is -0.0853. The molecule has 0 saturated heterocycles. The van der Waals surface area contributed by atoms with Crippen LogP contribution in [-0.2, 0) is 6.42 Å². The van der Waals surface area contributed by atoms with Crippen molar-refractivity contribution in [3.05, 3.63) is 64.9 Å². The standard InChI is InChI=1S/C18H15N3O2S/c22-15-5-3-4-14-16(15)24-18(19-14)20-17(23)12-6-8-13(9-7-12)21-10-1-2-11-21/h1-2,6-11H,3-5H2,(H,19,20,23). The molecule has 1 amide bonds. The highest BCUT2D eigenvalue weighted by Crippen LogP contribution is 2.29. The number of amides is 1. The Morgan fingerprint density at radius 3 is 2.58 bits per heavy atom. The van der Waals surface area contributed by atoms with Gasteiger partial charge in [0.15, 0.2) is 10.9 Å². The second-order valence-corrected chi connectivity index (χ2v) is 6.66. The molecule has 5 nitrogen and oxygen atoms in total. The fraction of sp³-hybridized carbons (Fsp3) is 0.167. The average molecular weight is 337 g/mol. The van der Waals surface area contributed by atoms with Crippen molar-refractivity contribution in [1.82, 2.24) is 9.55 Å². The van der Waals surface area contributed by atoms with E-state index in [1.165, 1.54) is 11.3 Å². The predicted octanol–water partition coefficient (Wildman–Crippen LogP) is 3.71. The molecule has 0 atom stereocenters. The molecule has 3 aromatic rings. The normalized spacial score (nSPS) is 13.6. The lowest BCUT2D eigenvalue weighted by atomic mass is 10.0. The molecule has 1 aliphatic carbocycles. The maximum Gasteiger partial charge on any atom is 0.257 e. The van der Waals surface area contributed by atoms with E-state index < -0.39 is 0 Å². The molecular weight excluding hydrogens is 322 g/mol. The van der Waals surface area contributed by atoms with E-state index in [1.54, 1.807) is 12.1 Å². The summed E-state index contributed by atoms with van der Waals surface area (Å²) in [6.45, 7) is 0. The van der Waals surface area contributed by atoms with Gasteiger partial charge in [0.2, 0.25) is 0 Å². The van der Waals surface area contributed by atoms with Crippen molar-refractivity contribution in [1.29, 1.82) is 0 Å². The Kier molecular flexibility index (Phi) is 3.74. The van der Waals surface area contributed by atoms with Crippen LogP contribution in [0.25, 0.3) is 5.69 Å². The Morgan fingerprint density at radius 2 is 1.88 bits per heavy atom. The molecule has 0 saturated carbocycles. The first-order valence-electron chi connectivity index (χ1n) is 7.78. The zero-order valence-electron chi connectivity index (χ0n) is 12.9. The van der Waals surface area contributed by atoms with Gasteiger partial charge < -0.3 is 4.57 Å². The van der Waals surface area contributed by atoms with E-state index in [4.69, 9.17) is 0 Å². The van der Waals surface area contributed by atoms with E-state index in [0.717, 1.165) is 24.2 Å². The quantitative estimate of drug-likeness (QED) is 0.792. The molecule has 2 heterocycles. The molecule has 0 radical (unpaired) electrons. The predicted molar refractivity (Wildman–Crippen MR) is 93.1 cm³/mol. The van der Waals surface area contributed by atoms with Crippen LogP contribution in [0.15, 0.2) is 48.8 Å². The number of nitrogens with zero attached hydrogens (tertiary/aromatic N) is 2. The lowest BCUT2D eigenvalue weighted by Gasteiger charge is -2.05. The fourth-order valence-corrected chi connectivity index (χ4v) is 3.76. The number of benzene rings is 1. The zero-order valence-corrected chi connectivity index (χ0v) is 13.7. The topological polar surface area (TPSA) is 64.0 Å². The summed E-state index contributed by atoms with van der Waals surface area (Å²) in [5, 5.41) is 3.29. The summed E-state index contributed by atoms with van der Waals surface area (Å²) in [5.41, 5.74) is 2.37. The monoisotopic (exact) mass is 337 g/mol. The second kappa shape index (κ2) is 6.05. The SMILES string of the molecule is O=C(Nc1nc2c(s1)C(=O)CCC2)c1ccc(-n2cccc2)cc1. The molecule has 2 aromatic heterocycles. The summed E-state index contributed by atoms with van der Waals surface area (Å²) in [4.78, 5) is 29.3. The number of aromatic nitrogens is 2. The summed E-state index contributed by atoms with van der Waals surface area (Å²) in [7, 11) is 0. The minimum absolute atomic E-state index is 0.130. The average Bonchev–Trinajstić information content (AvgIpc) is 3.25. The van der Waals surface area contributed by atoms with Crippen molar-refractivity contribution >= 4 is 28.2 Å². The van der Waals surface area contributed by atoms with Gasteiger partial charge in [-0.05, 0) is 49.2 Å². The van der Waals surface area contributed by atoms with Crippen LogP contribution in [0.4, 0.5) is 5.13 Å². The largest absolute Gasteiger partial charge is 0.324 e. The fourth-order valence-electron chi connectivity index (χ4n) is 2.78. The molecule has 24 heavy (non-hydrogen) atoms. The first-order valence-corrected chi connectivity index (χ1v) is 8.60. The molecule has 1 N–H and O–H groups in total. The van der Waals surface area contributed by atoms with E-state index in [9.17, 15) is 9.59 Å². The van der Waals surface area contributed by atoms with Gasteiger partial charge in [-0.2, -0.15) is 0 Å². The van der Waals surface area contributed by atoms with Crippen LogP contribution < -0.4 is 5.32 Å². The van der Waals surface area contributed by atoms with E-state index in [2.05, 4.69) is 10.3 Å². The molecular formula is C18H15N3O2S. The third-order valence-electron chi connectivity index (χ3n) is 4.02. The van der Waals surface area contributed by atoms with E-state index in [0.29, 0.717) is 22.0 Å². The van der Waals surface area contributed by atoms with Crippen LogP contribution in [0.2, 0.25) is 0 Å². The summed E-state index contributed by atoms with van der Waals surface area (Å²) in [6.07, 6.45) is 6.12. The number of hydrogen-bond donors (Lipinski definition) is 1. The van der Waals surface area contributed by atoms with Crippen LogP contribution >= 0.6 is 11.3 Å². The van der Waals surface area contributed by atoms with Gasteiger partial charge in [-0.15, -0.1) is 0 Å². The van der Waals surface area contributed by atoms with Gasteiger partial charge in [0.1, 0.15) is 0 Å². The number of fused-ring (bicyclic) bond motifs is 1. The molecule has 120 valence electrons. The number of nitrogens with one attached hydrogen (secondary N) is 1. The Morgan fingerprint density at radius 1 is 1.12 bits per heavy atom. The Bertz CT molecular complexity index is 895. The maximum atomic E-state index is 12.4. The van der Waals surface area contributed by atoms with Crippen molar-refractivity contribution < 1.29 is 9.59 Å². The van der Waals surface area contributed by atoms with E-state index in [-0.39, 0.29) is 11.7 Å². The minimum atomic E-state index is -0.215. The Hall–Kier alpha value is -2.73. The van der Waals surface area contributed by atoms with E-state index >= 15 is 0 Å². The Balaban J connectivity index is 1.51. The first-order chi connectivity index (χ1) is 11.7. The number of carbonyl (C=O) groups excluding carboxylic acids is 2. The van der Waals surface area contributed by atoms with Crippen molar-refractivity contribution in [2.45, 2.75) is 19.3 Å². The number of carbonyl (C=O) groups is 2. The minimum Gasteiger partial charge on any atom is -0.324 e. The van der Waals surface area contributed by atoms with Crippen molar-refractivity contribution in [2.75, 3.05) is 5.32 Å². The third-order valence-corrected chi connectivity index (χ3v) is 5.07. The van der Waals surface area contributed by atoms with Crippen LogP contribution in [0.5, 0.6) is 0 Å². The van der Waals surface area contributed by atoms with Gasteiger partial charge in [0, 0.05) is 30.1 Å².